The first-order valence-corrected chi connectivity index (χ1v) is 15.5. The number of nitrogens with one attached hydrogen (secondary N) is 1. The van der Waals surface area contributed by atoms with Crippen LogP contribution in [-0.2, 0) is 36.9 Å². The molecule has 7 nitrogen and oxygen atoms in total. The van der Waals surface area contributed by atoms with Crippen molar-refractivity contribution in [2.75, 3.05) is 18.5 Å². The molecule has 0 saturated carbocycles. The molecule has 0 bridgehead atoms. The smallest absolute Gasteiger partial charge is 0.324 e. The summed E-state index contributed by atoms with van der Waals surface area (Å²) in [5.41, 5.74) is 2.79. The van der Waals surface area contributed by atoms with Gasteiger partial charge in [-0.2, -0.15) is 0 Å². The number of anilines is 1. The Morgan fingerprint density at radius 2 is 1.50 bits per heavy atom. The molecule has 0 spiro atoms. The molecule has 0 saturated heterocycles. The lowest BCUT2D eigenvalue weighted by atomic mass is 9.98. The fraction of sp³-hybridized carbons (Fsp3) is 0.229. The molecule has 4 aromatic carbocycles. The van der Waals surface area contributed by atoms with E-state index < -0.39 is 17.9 Å². The average molecular weight is 632 g/mol. The summed E-state index contributed by atoms with van der Waals surface area (Å²) >= 11 is 8.17. The van der Waals surface area contributed by atoms with Gasteiger partial charge in [-0.3, -0.25) is 14.4 Å². The molecule has 44 heavy (non-hydrogen) atoms. The van der Waals surface area contributed by atoms with Gasteiger partial charge in [-0.25, -0.2) is 0 Å². The summed E-state index contributed by atoms with van der Waals surface area (Å²) in [7, 11) is 0. The fourth-order valence-corrected chi connectivity index (χ4v) is 5.63. The summed E-state index contributed by atoms with van der Waals surface area (Å²) in [5.74, 6) is -2.07. The molecule has 0 heterocycles. The molecule has 0 aliphatic carbocycles. The summed E-state index contributed by atoms with van der Waals surface area (Å²) < 4.78 is 16.1. The van der Waals surface area contributed by atoms with E-state index in [1.54, 1.807) is 49.9 Å². The Morgan fingerprint density at radius 3 is 2.20 bits per heavy atom. The number of halogens is 1. The number of amides is 1. The maximum absolute atomic E-state index is 12.8. The summed E-state index contributed by atoms with van der Waals surface area (Å²) in [4.78, 5) is 39.7. The lowest BCUT2D eigenvalue weighted by Gasteiger charge is -2.16. The molecular formula is C35H34ClNO6S. The van der Waals surface area contributed by atoms with E-state index in [1.165, 1.54) is 0 Å². The van der Waals surface area contributed by atoms with Crippen LogP contribution in [-0.4, -0.2) is 31.1 Å². The quantitative estimate of drug-likeness (QED) is 0.112. The van der Waals surface area contributed by atoms with Gasteiger partial charge in [0.05, 0.1) is 13.2 Å². The number of benzene rings is 4. The van der Waals surface area contributed by atoms with E-state index in [0.29, 0.717) is 29.3 Å². The zero-order valence-electron chi connectivity index (χ0n) is 24.6. The van der Waals surface area contributed by atoms with Crippen LogP contribution in [0, 0.1) is 0 Å². The molecule has 9 heteroatoms. The summed E-state index contributed by atoms with van der Waals surface area (Å²) in [5, 5.41) is 3.41. The van der Waals surface area contributed by atoms with E-state index in [4.69, 9.17) is 25.8 Å². The SMILES string of the molecule is CCOC(=O)C(C(=O)OCC)c1cccc(NC(=O)CCc2ccc(Sc3cccc(OCc4ccccc4)c3)cc2Cl)c1. The van der Waals surface area contributed by atoms with E-state index >= 15 is 0 Å². The molecule has 0 aliphatic heterocycles. The lowest BCUT2D eigenvalue weighted by Crippen LogP contribution is -2.26. The number of aryl methyl sites for hydroxylation is 1. The predicted octanol–water partition coefficient (Wildman–Crippen LogP) is 7.85. The van der Waals surface area contributed by atoms with Crippen LogP contribution in [0.4, 0.5) is 5.69 Å². The summed E-state index contributed by atoms with van der Waals surface area (Å²) in [6, 6.07) is 30.3. The van der Waals surface area contributed by atoms with Gasteiger partial charge in [0.2, 0.25) is 5.91 Å². The van der Waals surface area contributed by atoms with Gasteiger partial charge < -0.3 is 19.5 Å². The van der Waals surface area contributed by atoms with Gasteiger partial charge in [0.15, 0.2) is 5.92 Å². The molecule has 1 amide bonds. The van der Waals surface area contributed by atoms with Crippen LogP contribution >= 0.6 is 23.4 Å². The predicted molar refractivity (Wildman–Crippen MR) is 172 cm³/mol. The number of ether oxygens (including phenoxy) is 3. The van der Waals surface area contributed by atoms with Crippen molar-refractivity contribution in [2.45, 2.75) is 49.0 Å². The number of carbonyl (C=O) groups is 3. The van der Waals surface area contributed by atoms with Crippen LogP contribution in [0.3, 0.4) is 0 Å². The molecule has 1 N–H and O–H groups in total. The van der Waals surface area contributed by atoms with Crippen molar-refractivity contribution in [3.63, 3.8) is 0 Å². The number of rotatable bonds is 14. The molecule has 4 aromatic rings. The second kappa shape index (κ2) is 16.5. The Hall–Kier alpha value is -4.27. The maximum Gasteiger partial charge on any atom is 0.324 e. The molecule has 0 fully saturated rings. The molecule has 0 aliphatic rings. The normalized spacial score (nSPS) is 10.7. The van der Waals surface area contributed by atoms with Gasteiger partial charge in [-0.1, -0.05) is 78.0 Å². The second-order valence-corrected chi connectivity index (χ2v) is 11.3. The van der Waals surface area contributed by atoms with Crippen molar-refractivity contribution >= 4 is 46.9 Å². The molecule has 4 rings (SSSR count). The van der Waals surface area contributed by atoms with Crippen molar-refractivity contribution in [2.24, 2.45) is 0 Å². The van der Waals surface area contributed by atoms with Crippen LogP contribution in [0.15, 0.2) is 107 Å². The minimum Gasteiger partial charge on any atom is -0.489 e. The van der Waals surface area contributed by atoms with Gasteiger partial charge in [0.1, 0.15) is 12.4 Å². The third kappa shape index (κ3) is 9.62. The number of carbonyl (C=O) groups excluding carboxylic acids is 3. The second-order valence-electron chi connectivity index (χ2n) is 9.72. The third-order valence-electron chi connectivity index (χ3n) is 6.48. The van der Waals surface area contributed by atoms with Crippen molar-refractivity contribution in [3.8, 4) is 5.75 Å². The fourth-order valence-electron chi connectivity index (χ4n) is 4.39. The standard InChI is InChI=1S/C35H34ClNO6S/c1-3-41-34(39)33(35(40)42-4-2)26-12-8-13-27(20-26)37-32(38)19-17-25-16-18-30(22-31(25)36)44-29-15-9-14-28(21-29)43-23-24-10-6-5-7-11-24/h5-16,18,20-22,33H,3-4,17,19,23H2,1-2H3,(H,37,38). The van der Waals surface area contributed by atoms with Crippen molar-refractivity contribution in [1.82, 2.24) is 0 Å². The molecule has 0 atom stereocenters. The van der Waals surface area contributed by atoms with Gasteiger partial charge >= 0.3 is 11.9 Å². The Bertz CT molecular complexity index is 1560. The zero-order chi connectivity index (χ0) is 31.3. The minimum atomic E-state index is -1.23. The highest BCUT2D eigenvalue weighted by atomic mass is 35.5. The third-order valence-corrected chi connectivity index (χ3v) is 7.81. The first-order chi connectivity index (χ1) is 21.4. The molecular weight excluding hydrogens is 598 g/mol. The van der Waals surface area contributed by atoms with Crippen molar-refractivity contribution < 1.29 is 28.6 Å². The van der Waals surface area contributed by atoms with E-state index in [0.717, 1.165) is 26.7 Å². The van der Waals surface area contributed by atoms with Crippen molar-refractivity contribution in [1.29, 1.82) is 0 Å². The van der Waals surface area contributed by atoms with E-state index in [2.05, 4.69) is 5.32 Å². The Labute approximate surface area is 266 Å². The highest BCUT2D eigenvalue weighted by molar-refractivity contribution is 7.99. The van der Waals surface area contributed by atoms with Crippen LogP contribution in [0.25, 0.3) is 0 Å². The monoisotopic (exact) mass is 631 g/mol. The number of hydrogen-bond donors (Lipinski definition) is 1. The number of hydrogen-bond acceptors (Lipinski definition) is 7. The van der Waals surface area contributed by atoms with E-state index in [-0.39, 0.29) is 25.5 Å². The van der Waals surface area contributed by atoms with Crippen molar-refractivity contribution in [3.05, 3.63) is 119 Å². The van der Waals surface area contributed by atoms with Crippen LogP contribution in [0.5, 0.6) is 5.75 Å². The first kappa shape index (κ1) is 32.6. The van der Waals surface area contributed by atoms with Gasteiger partial charge in [-0.05, 0) is 79.4 Å². The van der Waals surface area contributed by atoms with Crippen LogP contribution in [0.2, 0.25) is 5.02 Å². The minimum absolute atomic E-state index is 0.130. The summed E-state index contributed by atoms with van der Waals surface area (Å²) in [6.45, 7) is 4.08. The maximum atomic E-state index is 12.8. The summed E-state index contributed by atoms with van der Waals surface area (Å²) in [6.07, 6.45) is 0.628. The van der Waals surface area contributed by atoms with Gasteiger partial charge in [0.25, 0.3) is 0 Å². The van der Waals surface area contributed by atoms with E-state index in [1.807, 2.05) is 72.8 Å². The van der Waals surface area contributed by atoms with Gasteiger partial charge in [0, 0.05) is 26.9 Å². The molecule has 228 valence electrons. The molecule has 0 unspecified atom stereocenters. The molecule has 0 aromatic heterocycles. The van der Waals surface area contributed by atoms with Gasteiger partial charge in [-0.15, -0.1) is 0 Å². The highest BCUT2D eigenvalue weighted by Crippen LogP contribution is 2.33. The Kier molecular flexibility index (Phi) is 12.3. The van der Waals surface area contributed by atoms with Crippen LogP contribution in [0.1, 0.15) is 42.9 Å². The number of esters is 2. The van der Waals surface area contributed by atoms with Crippen LogP contribution < -0.4 is 10.1 Å². The topological polar surface area (TPSA) is 90.9 Å². The Morgan fingerprint density at radius 1 is 0.795 bits per heavy atom. The Balaban J connectivity index is 1.33. The first-order valence-electron chi connectivity index (χ1n) is 14.3. The molecule has 0 radical (unpaired) electrons. The van der Waals surface area contributed by atoms with E-state index in [9.17, 15) is 14.4 Å². The average Bonchev–Trinajstić information content (AvgIpc) is 3.01. The largest absolute Gasteiger partial charge is 0.489 e. The zero-order valence-corrected chi connectivity index (χ0v) is 26.2. The highest BCUT2D eigenvalue weighted by Gasteiger charge is 2.31. The lowest BCUT2D eigenvalue weighted by molar-refractivity contribution is -0.156.